The Labute approximate surface area is 76.4 Å². The molecule has 0 amide bonds. The highest BCUT2D eigenvalue weighted by atomic mass is 16.4. The summed E-state index contributed by atoms with van der Waals surface area (Å²) in [5.74, 6) is -0.887. The van der Waals surface area contributed by atoms with Gasteiger partial charge in [-0.15, -0.1) is 0 Å². The summed E-state index contributed by atoms with van der Waals surface area (Å²) < 4.78 is 0. The Morgan fingerprint density at radius 3 is 2.85 bits per heavy atom. The van der Waals surface area contributed by atoms with Gasteiger partial charge >= 0.3 is 5.97 Å². The van der Waals surface area contributed by atoms with E-state index >= 15 is 0 Å². The van der Waals surface area contributed by atoms with Gasteiger partial charge in [0.15, 0.2) is 0 Å². The van der Waals surface area contributed by atoms with Gasteiger partial charge in [-0.1, -0.05) is 6.07 Å². The Morgan fingerprint density at radius 1 is 1.62 bits per heavy atom. The highest BCUT2D eigenvalue weighted by Crippen LogP contribution is 2.12. The molecule has 4 nitrogen and oxygen atoms in total. The predicted octanol–water partition coefficient (Wildman–Crippen LogP) is 1.15. The first-order chi connectivity index (χ1) is 6.09. The molecule has 0 aliphatic heterocycles. The fourth-order valence-electron chi connectivity index (χ4n) is 0.940. The van der Waals surface area contributed by atoms with Gasteiger partial charge in [-0.25, -0.2) is 0 Å². The average molecular weight is 180 g/mol. The molecule has 0 saturated carbocycles. The van der Waals surface area contributed by atoms with Gasteiger partial charge in [-0.2, -0.15) is 0 Å². The molecular formula is C9H12N2O2. The SMILES string of the molecule is C[C@H](Nc1cccc(N)c1)C(=O)O. The van der Waals surface area contributed by atoms with Crippen LogP contribution in [0.15, 0.2) is 24.3 Å². The van der Waals surface area contributed by atoms with Crippen molar-refractivity contribution >= 4 is 17.3 Å². The lowest BCUT2D eigenvalue weighted by atomic mass is 10.2. The van der Waals surface area contributed by atoms with Crippen LogP contribution in [-0.4, -0.2) is 17.1 Å². The zero-order chi connectivity index (χ0) is 9.84. The van der Waals surface area contributed by atoms with Gasteiger partial charge in [0.05, 0.1) is 0 Å². The summed E-state index contributed by atoms with van der Waals surface area (Å²) in [5.41, 5.74) is 6.85. The van der Waals surface area contributed by atoms with Crippen molar-refractivity contribution in [3.8, 4) is 0 Å². The number of hydrogen-bond donors (Lipinski definition) is 3. The minimum absolute atomic E-state index is 0.609. The van der Waals surface area contributed by atoms with Crippen molar-refractivity contribution in [3.63, 3.8) is 0 Å². The Balaban J connectivity index is 2.69. The summed E-state index contributed by atoms with van der Waals surface area (Å²) in [4.78, 5) is 10.5. The molecule has 0 radical (unpaired) electrons. The molecule has 0 unspecified atom stereocenters. The number of aliphatic carboxylic acids is 1. The second-order valence-electron chi connectivity index (χ2n) is 2.83. The third-order valence-electron chi connectivity index (χ3n) is 1.64. The summed E-state index contributed by atoms with van der Waals surface area (Å²) in [7, 11) is 0. The van der Waals surface area contributed by atoms with Gasteiger partial charge in [-0.05, 0) is 25.1 Å². The summed E-state index contributed by atoms with van der Waals surface area (Å²) in [5, 5.41) is 11.4. The number of anilines is 2. The number of hydrogen-bond acceptors (Lipinski definition) is 3. The lowest BCUT2D eigenvalue weighted by Gasteiger charge is -2.10. The van der Waals surface area contributed by atoms with Crippen LogP contribution < -0.4 is 11.1 Å². The Bertz CT molecular complexity index is 312. The fraction of sp³-hybridized carbons (Fsp3) is 0.222. The molecule has 0 bridgehead atoms. The van der Waals surface area contributed by atoms with Gasteiger partial charge < -0.3 is 16.2 Å². The number of carboxylic acids is 1. The number of rotatable bonds is 3. The number of carboxylic acid groups (broad SMARTS) is 1. The van der Waals surface area contributed by atoms with Crippen LogP contribution in [0.4, 0.5) is 11.4 Å². The van der Waals surface area contributed by atoms with E-state index in [0.29, 0.717) is 5.69 Å². The van der Waals surface area contributed by atoms with Gasteiger partial charge in [0.1, 0.15) is 6.04 Å². The van der Waals surface area contributed by atoms with Gasteiger partial charge in [0, 0.05) is 11.4 Å². The van der Waals surface area contributed by atoms with E-state index in [-0.39, 0.29) is 0 Å². The van der Waals surface area contributed by atoms with Crippen molar-refractivity contribution in [3.05, 3.63) is 24.3 Å². The quantitative estimate of drug-likeness (QED) is 0.610. The van der Waals surface area contributed by atoms with Crippen molar-refractivity contribution in [2.45, 2.75) is 13.0 Å². The highest BCUT2D eigenvalue weighted by molar-refractivity contribution is 5.77. The molecule has 0 heterocycles. The lowest BCUT2D eigenvalue weighted by molar-refractivity contribution is -0.137. The number of nitrogens with two attached hydrogens (primary N) is 1. The van der Waals surface area contributed by atoms with Crippen molar-refractivity contribution in [1.82, 2.24) is 0 Å². The van der Waals surface area contributed by atoms with Crippen LogP contribution in [0.5, 0.6) is 0 Å². The Morgan fingerprint density at radius 2 is 2.31 bits per heavy atom. The molecule has 0 aliphatic rings. The molecule has 1 rings (SSSR count). The predicted molar refractivity (Wildman–Crippen MR) is 51.6 cm³/mol. The molecular weight excluding hydrogens is 168 g/mol. The van der Waals surface area contributed by atoms with Gasteiger partial charge in [-0.3, -0.25) is 4.79 Å². The maximum absolute atomic E-state index is 10.5. The largest absolute Gasteiger partial charge is 0.480 e. The van der Waals surface area contributed by atoms with Crippen molar-refractivity contribution in [2.24, 2.45) is 0 Å². The number of benzene rings is 1. The molecule has 1 atom stereocenters. The first-order valence-electron chi connectivity index (χ1n) is 3.94. The van der Waals surface area contributed by atoms with E-state index in [2.05, 4.69) is 5.32 Å². The molecule has 13 heavy (non-hydrogen) atoms. The molecule has 1 aromatic carbocycles. The van der Waals surface area contributed by atoms with Crippen LogP contribution in [0.25, 0.3) is 0 Å². The lowest BCUT2D eigenvalue weighted by Crippen LogP contribution is -2.25. The van der Waals surface area contributed by atoms with E-state index < -0.39 is 12.0 Å². The normalized spacial score (nSPS) is 12.1. The standard InChI is InChI=1S/C9H12N2O2/c1-6(9(12)13)11-8-4-2-3-7(10)5-8/h2-6,11H,10H2,1H3,(H,12,13)/t6-/m0/s1. The van der Waals surface area contributed by atoms with Crippen LogP contribution in [-0.2, 0) is 4.79 Å². The molecule has 0 aliphatic carbocycles. The van der Waals surface area contributed by atoms with E-state index in [0.717, 1.165) is 5.69 Å². The molecule has 4 N–H and O–H groups in total. The Hall–Kier alpha value is -1.71. The monoisotopic (exact) mass is 180 g/mol. The minimum Gasteiger partial charge on any atom is -0.480 e. The zero-order valence-corrected chi connectivity index (χ0v) is 7.32. The van der Waals surface area contributed by atoms with E-state index in [1.807, 2.05) is 0 Å². The molecule has 0 aromatic heterocycles. The van der Waals surface area contributed by atoms with Gasteiger partial charge in [0.25, 0.3) is 0 Å². The first kappa shape index (κ1) is 9.38. The van der Waals surface area contributed by atoms with Crippen molar-refractivity contribution in [2.75, 3.05) is 11.1 Å². The molecule has 70 valence electrons. The van der Waals surface area contributed by atoms with E-state index in [1.165, 1.54) is 0 Å². The van der Waals surface area contributed by atoms with E-state index in [9.17, 15) is 4.79 Å². The molecule has 1 aromatic rings. The second-order valence-corrected chi connectivity index (χ2v) is 2.83. The van der Waals surface area contributed by atoms with Crippen molar-refractivity contribution < 1.29 is 9.90 Å². The van der Waals surface area contributed by atoms with E-state index in [4.69, 9.17) is 10.8 Å². The second kappa shape index (κ2) is 3.80. The van der Waals surface area contributed by atoms with Crippen LogP contribution in [0, 0.1) is 0 Å². The van der Waals surface area contributed by atoms with E-state index in [1.54, 1.807) is 31.2 Å². The topological polar surface area (TPSA) is 75.3 Å². The summed E-state index contributed by atoms with van der Waals surface area (Å²) in [6, 6.07) is 6.37. The number of carbonyl (C=O) groups is 1. The van der Waals surface area contributed by atoms with Crippen LogP contribution in [0.2, 0.25) is 0 Å². The minimum atomic E-state index is -0.887. The fourth-order valence-corrected chi connectivity index (χ4v) is 0.940. The Kier molecular flexibility index (Phi) is 2.74. The first-order valence-corrected chi connectivity index (χ1v) is 3.94. The maximum Gasteiger partial charge on any atom is 0.325 e. The summed E-state index contributed by atoms with van der Waals surface area (Å²) >= 11 is 0. The average Bonchev–Trinajstić information content (AvgIpc) is 2.04. The third-order valence-corrected chi connectivity index (χ3v) is 1.64. The molecule has 0 fully saturated rings. The molecule has 0 saturated heterocycles. The maximum atomic E-state index is 10.5. The molecule has 0 spiro atoms. The smallest absolute Gasteiger partial charge is 0.325 e. The number of nitrogen functional groups attached to an aromatic ring is 1. The van der Waals surface area contributed by atoms with Crippen LogP contribution >= 0.6 is 0 Å². The molecule has 4 heteroatoms. The summed E-state index contributed by atoms with van der Waals surface area (Å²) in [6.07, 6.45) is 0. The van der Waals surface area contributed by atoms with Crippen LogP contribution in [0.1, 0.15) is 6.92 Å². The van der Waals surface area contributed by atoms with Crippen LogP contribution in [0.3, 0.4) is 0 Å². The number of nitrogens with one attached hydrogen (secondary N) is 1. The third kappa shape index (κ3) is 2.66. The zero-order valence-electron chi connectivity index (χ0n) is 7.32. The highest BCUT2D eigenvalue weighted by Gasteiger charge is 2.09. The summed E-state index contributed by atoms with van der Waals surface area (Å²) in [6.45, 7) is 1.57. The van der Waals surface area contributed by atoms with Gasteiger partial charge in [0.2, 0.25) is 0 Å². The van der Waals surface area contributed by atoms with Crippen molar-refractivity contribution in [1.29, 1.82) is 0 Å².